The van der Waals surface area contributed by atoms with E-state index in [4.69, 9.17) is 23.2 Å². The molecule has 1 heterocycles. The molecule has 0 radical (unpaired) electrons. The summed E-state index contributed by atoms with van der Waals surface area (Å²) >= 11 is 13.8. The van der Waals surface area contributed by atoms with Crippen LogP contribution in [0.5, 0.6) is 0 Å². The molecule has 0 spiro atoms. The molecule has 0 fully saturated rings. The first-order valence-corrected chi connectivity index (χ1v) is 15.4. The van der Waals surface area contributed by atoms with Crippen LogP contribution in [-0.2, 0) is 9.59 Å². The molecule has 0 saturated carbocycles. The zero-order valence-corrected chi connectivity index (χ0v) is 25.9. The van der Waals surface area contributed by atoms with Crippen LogP contribution in [0.4, 0.5) is 11.4 Å². The number of pyridine rings is 1. The van der Waals surface area contributed by atoms with Crippen molar-refractivity contribution in [2.45, 2.75) is 10.1 Å². The largest absolute Gasteiger partial charge is 0.323 e. The number of hydrogen-bond donors (Lipinski definition) is 3. The summed E-state index contributed by atoms with van der Waals surface area (Å²) < 4.78 is 0. The molecular weight excluding hydrogens is 627 g/mol. The highest BCUT2D eigenvalue weighted by atomic mass is 35.5. The number of carbonyl (C=O) groups is 3. The second kappa shape index (κ2) is 15.2. The minimum absolute atomic E-state index is 0.0517. The highest BCUT2D eigenvalue weighted by molar-refractivity contribution is 8.00. The van der Waals surface area contributed by atoms with Crippen LogP contribution >= 0.6 is 35.0 Å². The van der Waals surface area contributed by atoms with Gasteiger partial charge in [0.15, 0.2) is 0 Å². The van der Waals surface area contributed by atoms with Crippen molar-refractivity contribution in [1.82, 2.24) is 10.3 Å². The third-order valence-corrected chi connectivity index (χ3v) is 8.53. The smallest absolute Gasteiger partial charge is 0.272 e. The number of aromatic nitrogens is 1. The quantitative estimate of drug-likeness (QED) is 0.104. The molecule has 0 aliphatic carbocycles. The zero-order valence-electron chi connectivity index (χ0n) is 23.6. The number of thioether (sulfide) groups is 1. The van der Waals surface area contributed by atoms with Crippen molar-refractivity contribution in [3.63, 3.8) is 0 Å². The predicted molar refractivity (Wildman–Crippen MR) is 181 cm³/mol. The molecule has 0 saturated heterocycles. The van der Waals surface area contributed by atoms with E-state index < -0.39 is 17.1 Å². The second-order valence-electron chi connectivity index (χ2n) is 9.64. The van der Waals surface area contributed by atoms with Gasteiger partial charge >= 0.3 is 0 Å². The summed E-state index contributed by atoms with van der Waals surface area (Å²) in [6.07, 6.45) is 4.77. The van der Waals surface area contributed by atoms with E-state index in [2.05, 4.69) is 20.9 Å². The summed E-state index contributed by atoms with van der Waals surface area (Å²) in [5.74, 6) is -1.20. The van der Waals surface area contributed by atoms with Crippen LogP contribution in [0.25, 0.3) is 6.08 Å². The summed E-state index contributed by atoms with van der Waals surface area (Å²) in [4.78, 5) is 44.6. The fourth-order valence-corrected chi connectivity index (χ4v) is 5.59. The molecule has 1 atom stereocenters. The molecule has 4 aromatic carbocycles. The Kier molecular flexibility index (Phi) is 10.7. The van der Waals surface area contributed by atoms with E-state index in [0.29, 0.717) is 27.5 Å². The number of nitrogens with zero attached hydrogens (tertiary/aromatic N) is 1. The van der Waals surface area contributed by atoms with Gasteiger partial charge in [0.2, 0.25) is 5.91 Å². The minimum atomic E-state index is -0.607. The van der Waals surface area contributed by atoms with Crippen LogP contribution in [-0.4, -0.2) is 22.7 Å². The first kappa shape index (κ1) is 31.5. The summed E-state index contributed by atoms with van der Waals surface area (Å²) in [5, 5.41) is 8.44. The van der Waals surface area contributed by atoms with Gasteiger partial charge in [-0.1, -0.05) is 83.9 Å². The van der Waals surface area contributed by atoms with Gasteiger partial charge < -0.3 is 16.0 Å². The lowest BCUT2D eigenvalue weighted by molar-refractivity contribution is -0.116. The summed E-state index contributed by atoms with van der Waals surface area (Å²) in [5.41, 5.74) is 2.83. The average Bonchev–Trinajstić information content (AvgIpc) is 3.07. The topological polar surface area (TPSA) is 100 Å². The Bertz CT molecular complexity index is 1820. The number of rotatable bonds is 10. The van der Waals surface area contributed by atoms with Crippen LogP contribution in [0.15, 0.2) is 138 Å². The van der Waals surface area contributed by atoms with E-state index in [1.165, 1.54) is 11.8 Å². The van der Waals surface area contributed by atoms with E-state index in [1.54, 1.807) is 91.3 Å². The molecule has 3 N–H and O–H groups in total. The van der Waals surface area contributed by atoms with E-state index in [9.17, 15) is 14.4 Å². The highest BCUT2D eigenvalue weighted by Crippen LogP contribution is 2.38. The monoisotopic (exact) mass is 652 g/mol. The number of anilines is 2. The number of nitrogens with one attached hydrogen (secondary N) is 3. The lowest BCUT2D eigenvalue weighted by Gasteiger charge is -2.18. The fourth-order valence-electron chi connectivity index (χ4n) is 4.22. The average molecular weight is 654 g/mol. The van der Waals surface area contributed by atoms with E-state index >= 15 is 0 Å². The molecule has 45 heavy (non-hydrogen) atoms. The third-order valence-electron chi connectivity index (χ3n) is 6.44. The van der Waals surface area contributed by atoms with E-state index in [1.807, 2.05) is 42.5 Å². The Morgan fingerprint density at radius 2 is 1.47 bits per heavy atom. The first-order chi connectivity index (χ1) is 21.9. The van der Waals surface area contributed by atoms with Crippen molar-refractivity contribution in [2.24, 2.45) is 0 Å². The Morgan fingerprint density at radius 1 is 0.756 bits per heavy atom. The van der Waals surface area contributed by atoms with Gasteiger partial charge in [-0.25, -0.2) is 0 Å². The van der Waals surface area contributed by atoms with Gasteiger partial charge in [0.25, 0.3) is 11.8 Å². The fraction of sp³-hybridized carbons (Fsp3) is 0.0286. The van der Waals surface area contributed by atoms with Gasteiger partial charge in [-0.05, 0) is 71.8 Å². The Hall–Kier alpha value is -4.89. The normalized spacial score (nSPS) is 11.7. The van der Waals surface area contributed by atoms with Crippen molar-refractivity contribution in [3.05, 3.63) is 160 Å². The summed E-state index contributed by atoms with van der Waals surface area (Å²) in [6.45, 7) is 0. The van der Waals surface area contributed by atoms with Gasteiger partial charge in [0.05, 0.1) is 15.7 Å². The van der Waals surface area contributed by atoms with Gasteiger partial charge in [0.1, 0.15) is 10.9 Å². The predicted octanol–water partition coefficient (Wildman–Crippen LogP) is 8.27. The van der Waals surface area contributed by atoms with Gasteiger partial charge in [-0.15, -0.1) is 11.8 Å². The number of amides is 3. The number of carbonyl (C=O) groups excluding carboxylic acids is 3. The second-order valence-corrected chi connectivity index (χ2v) is 11.6. The zero-order chi connectivity index (χ0) is 31.6. The molecule has 0 bridgehead atoms. The van der Waals surface area contributed by atoms with Crippen LogP contribution in [0.2, 0.25) is 10.0 Å². The maximum Gasteiger partial charge on any atom is 0.272 e. The maximum atomic E-state index is 13.5. The van der Waals surface area contributed by atoms with Crippen molar-refractivity contribution in [3.8, 4) is 0 Å². The molecule has 3 amide bonds. The lowest BCUT2D eigenvalue weighted by atomic mass is 10.1. The van der Waals surface area contributed by atoms with Crippen LogP contribution in [0.1, 0.15) is 26.7 Å². The summed E-state index contributed by atoms with van der Waals surface area (Å²) in [7, 11) is 0. The third kappa shape index (κ3) is 8.61. The lowest BCUT2D eigenvalue weighted by Crippen LogP contribution is -2.30. The first-order valence-electron chi connectivity index (χ1n) is 13.7. The van der Waals surface area contributed by atoms with E-state index in [-0.39, 0.29) is 16.6 Å². The standard InChI is InChI=1S/C35H26Cl2N4O3S/c36-28-14-7-15-29(31(28)37)40-35(44)32(24-10-3-1-4-11-24)45-27-18-16-26(17-19-27)39-34(43)30(21-23-9-8-20-38-22-23)41-33(42)25-12-5-2-6-13-25/h1-22,32H,(H,39,43)(H,40,44)(H,41,42)/b30-21-. The molecule has 0 aliphatic rings. The Labute approximate surface area is 274 Å². The van der Waals surface area contributed by atoms with Crippen molar-refractivity contribution < 1.29 is 14.4 Å². The van der Waals surface area contributed by atoms with Crippen molar-refractivity contribution in [1.29, 1.82) is 0 Å². The summed E-state index contributed by atoms with van der Waals surface area (Å²) in [6, 6.07) is 33.7. The number of halogens is 2. The molecule has 10 heteroatoms. The minimum Gasteiger partial charge on any atom is -0.323 e. The van der Waals surface area contributed by atoms with Gasteiger partial charge in [-0.3, -0.25) is 19.4 Å². The highest BCUT2D eigenvalue weighted by Gasteiger charge is 2.23. The van der Waals surface area contributed by atoms with Crippen molar-refractivity contribution >= 4 is 70.1 Å². The molecule has 5 rings (SSSR count). The molecule has 0 aliphatic heterocycles. The molecule has 7 nitrogen and oxygen atoms in total. The van der Waals surface area contributed by atoms with Crippen molar-refractivity contribution in [2.75, 3.05) is 10.6 Å². The molecule has 1 aromatic heterocycles. The molecular formula is C35H26Cl2N4O3S. The number of hydrogen-bond acceptors (Lipinski definition) is 5. The van der Waals surface area contributed by atoms with Gasteiger partial charge in [0, 0.05) is 28.5 Å². The van der Waals surface area contributed by atoms with Crippen LogP contribution < -0.4 is 16.0 Å². The van der Waals surface area contributed by atoms with Crippen LogP contribution in [0.3, 0.4) is 0 Å². The van der Waals surface area contributed by atoms with Gasteiger partial charge in [-0.2, -0.15) is 0 Å². The maximum absolute atomic E-state index is 13.5. The number of benzene rings is 4. The van der Waals surface area contributed by atoms with Crippen LogP contribution in [0, 0.1) is 0 Å². The van der Waals surface area contributed by atoms with E-state index in [0.717, 1.165) is 10.5 Å². The molecule has 5 aromatic rings. The Balaban J connectivity index is 1.32. The Morgan fingerprint density at radius 3 is 2.16 bits per heavy atom. The SMILES string of the molecule is O=C(Nc1ccc(SC(C(=O)Nc2cccc(Cl)c2Cl)c2ccccc2)cc1)/C(=C/c1cccnc1)NC(=O)c1ccccc1. The molecule has 224 valence electrons. The molecule has 1 unspecified atom stereocenters.